The summed E-state index contributed by atoms with van der Waals surface area (Å²) < 4.78 is 2.11. The molecule has 1 heterocycles. The molecule has 1 aliphatic rings. The Morgan fingerprint density at radius 2 is 2.21 bits per heavy atom. The first-order chi connectivity index (χ1) is 9.29. The lowest BCUT2D eigenvalue weighted by atomic mass is 9.96. The zero-order valence-electron chi connectivity index (χ0n) is 12.0. The van der Waals surface area contributed by atoms with Crippen LogP contribution < -0.4 is 5.32 Å². The molecule has 0 spiro atoms. The van der Waals surface area contributed by atoms with Gasteiger partial charge in [-0.3, -0.25) is 4.68 Å². The van der Waals surface area contributed by atoms with Crippen LogP contribution in [0.3, 0.4) is 0 Å². The first-order valence-corrected chi connectivity index (χ1v) is 7.72. The van der Waals surface area contributed by atoms with Crippen molar-refractivity contribution in [1.29, 1.82) is 0 Å². The van der Waals surface area contributed by atoms with Crippen LogP contribution in [-0.2, 0) is 6.42 Å². The van der Waals surface area contributed by atoms with E-state index in [1.807, 2.05) is 0 Å². The van der Waals surface area contributed by atoms with E-state index in [9.17, 15) is 5.11 Å². The van der Waals surface area contributed by atoms with Crippen LogP contribution in [0.5, 0.6) is 0 Å². The molecule has 0 amide bonds. The molecule has 1 atom stereocenters. The Bertz CT molecular complexity index is 358. The van der Waals surface area contributed by atoms with Crippen LogP contribution in [0, 0.1) is 0 Å². The van der Waals surface area contributed by atoms with Gasteiger partial charge in [0.2, 0.25) is 0 Å². The Morgan fingerprint density at radius 1 is 1.42 bits per heavy atom. The largest absolute Gasteiger partial charge is 0.391 e. The molecule has 1 aromatic heterocycles. The van der Waals surface area contributed by atoms with E-state index in [1.165, 1.54) is 32.1 Å². The van der Waals surface area contributed by atoms with Crippen molar-refractivity contribution >= 4 is 0 Å². The highest BCUT2D eigenvalue weighted by Gasteiger charge is 2.16. The monoisotopic (exact) mass is 265 g/mol. The molecule has 0 saturated heterocycles. The lowest BCUT2D eigenvalue weighted by molar-refractivity contribution is 0.170. The third kappa shape index (κ3) is 4.62. The molecule has 2 rings (SSSR count). The number of aliphatic hydroxyl groups excluding tert-OH is 1. The highest BCUT2D eigenvalue weighted by molar-refractivity contribution is 5.01. The lowest BCUT2D eigenvalue weighted by Crippen LogP contribution is -2.29. The average Bonchev–Trinajstić information content (AvgIpc) is 2.88. The van der Waals surface area contributed by atoms with Gasteiger partial charge in [-0.1, -0.05) is 26.2 Å². The van der Waals surface area contributed by atoms with E-state index in [2.05, 4.69) is 34.3 Å². The number of nitrogens with one attached hydrogen (secondary N) is 1. The number of hydrogen-bond donors (Lipinski definition) is 2. The van der Waals surface area contributed by atoms with Crippen molar-refractivity contribution in [2.45, 2.75) is 64.0 Å². The average molecular weight is 265 g/mol. The maximum absolute atomic E-state index is 9.94. The second-order valence-electron chi connectivity index (χ2n) is 5.64. The molecule has 19 heavy (non-hydrogen) atoms. The first kappa shape index (κ1) is 14.5. The Balaban J connectivity index is 1.79. The van der Waals surface area contributed by atoms with Crippen molar-refractivity contribution in [2.24, 2.45) is 0 Å². The molecule has 1 aromatic rings. The van der Waals surface area contributed by atoms with Crippen LogP contribution in [-0.4, -0.2) is 34.1 Å². The molecule has 0 bridgehead atoms. The van der Waals surface area contributed by atoms with Crippen molar-refractivity contribution in [1.82, 2.24) is 15.1 Å². The van der Waals surface area contributed by atoms with Gasteiger partial charge in [-0.05, 0) is 31.9 Å². The second kappa shape index (κ2) is 7.65. The van der Waals surface area contributed by atoms with E-state index in [4.69, 9.17) is 0 Å². The molecule has 0 aliphatic heterocycles. The fourth-order valence-electron chi connectivity index (χ4n) is 2.79. The molecular formula is C15H27N3O. The van der Waals surface area contributed by atoms with E-state index < -0.39 is 0 Å². The van der Waals surface area contributed by atoms with Crippen molar-refractivity contribution in [3.63, 3.8) is 0 Å². The summed E-state index contributed by atoms with van der Waals surface area (Å²) in [5.74, 6) is 0. The standard InChI is InChI=1S/C15H27N3O/c1-2-9-16-12-15(19)11-13-8-10-18(17-13)14-6-4-3-5-7-14/h8,10,14-16,19H,2-7,9,11-12H2,1H3. The SMILES string of the molecule is CCCNCC(O)Cc1ccn(C2CCCCC2)n1. The van der Waals surface area contributed by atoms with Crippen LogP contribution in [0.4, 0.5) is 0 Å². The van der Waals surface area contributed by atoms with Crippen molar-refractivity contribution < 1.29 is 5.11 Å². The summed E-state index contributed by atoms with van der Waals surface area (Å²) in [7, 11) is 0. The van der Waals surface area contributed by atoms with Gasteiger partial charge in [-0.25, -0.2) is 0 Å². The summed E-state index contributed by atoms with van der Waals surface area (Å²) in [4.78, 5) is 0. The van der Waals surface area contributed by atoms with Crippen LogP contribution in [0.25, 0.3) is 0 Å². The summed E-state index contributed by atoms with van der Waals surface area (Å²) in [6.45, 7) is 3.75. The van der Waals surface area contributed by atoms with Gasteiger partial charge in [-0.15, -0.1) is 0 Å². The molecule has 1 fully saturated rings. The Labute approximate surface area is 116 Å². The molecule has 4 nitrogen and oxygen atoms in total. The molecule has 4 heteroatoms. The highest BCUT2D eigenvalue weighted by atomic mass is 16.3. The molecule has 0 radical (unpaired) electrons. The van der Waals surface area contributed by atoms with Crippen molar-refractivity contribution in [2.75, 3.05) is 13.1 Å². The predicted octanol–water partition coefficient (Wildman–Crippen LogP) is 2.29. The van der Waals surface area contributed by atoms with Gasteiger partial charge in [-0.2, -0.15) is 5.10 Å². The van der Waals surface area contributed by atoms with Gasteiger partial charge >= 0.3 is 0 Å². The Hall–Kier alpha value is -0.870. The normalized spacial score (nSPS) is 18.6. The van der Waals surface area contributed by atoms with E-state index >= 15 is 0 Å². The smallest absolute Gasteiger partial charge is 0.0720 e. The summed E-state index contributed by atoms with van der Waals surface area (Å²) in [6.07, 6.45) is 10.0. The van der Waals surface area contributed by atoms with Gasteiger partial charge in [0, 0.05) is 19.2 Å². The first-order valence-electron chi connectivity index (χ1n) is 7.72. The maximum Gasteiger partial charge on any atom is 0.0720 e. The molecule has 108 valence electrons. The third-order valence-corrected chi connectivity index (χ3v) is 3.86. The van der Waals surface area contributed by atoms with E-state index in [0.29, 0.717) is 19.0 Å². The van der Waals surface area contributed by atoms with Gasteiger partial charge < -0.3 is 10.4 Å². The fraction of sp³-hybridized carbons (Fsp3) is 0.800. The minimum atomic E-state index is -0.332. The molecule has 2 N–H and O–H groups in total. The van der Waals surface area contributed by atoms with Crippen LogP contribution in [0.2, 0.25) is 0 Å². The van der Waals surface area contributed by atoms with E-state index in [1.54, 1.807) is 0 Å². The summed E-state index contributed by atoms with van der Waals surface area (Å²) >= 11 is 0. The van der Waals surface area contributed by atoms with Crippen LogP contribution in [0.15, 0.2) is 12.3 Å². The fourth-order valence-corrected chi connectivity index (χ4v) is 2.79. The quantitative estimate of drug-likeness (QED) is 0.744. The van der Waals surface area contributed by atoms with E-state index in [-0.39, 0.29) is 6.10 Å². The zero-order valence-corrected chi connectivity index (χ0v) is 12.0. The van der Waals surface area contributed by atoms with Crippen molar-refractivity contribution in [3.05, 3.63) is 18.0 Å². The summed E-state index contributed by atoms with van der Waals surface area (Å²) in [5.41, 5.74) is 1.01. The van der Waals surface area contributed by atoms with Gasteiger partial charge in [0.05, 0.1) is 17.8 Å². The molecule has 1 saturated carbocycles. The van der Waals surface area contributed by atoms with Gasteiger partial charge in [0.15, 0.2) is 0 Å². The number of aromatic nitrogens is 2. The predicted molar refractivity (Wildman–Crippen MR) is 77.2 cm³/mol. The lowest BCUT2D eigenvalue weighted by Gasteiger charge is -2.21. The molecule has 1 unspecified atom stereocenters. The minimum Gasteiger partial charge on any atom is -0.391 e. The van der Waals surface area contributed by atoms with Gasteiger partial charge in [0.1, 0.15) is 0 Å². The number of aliphatic hydroxyl groups is 1. The number of nitrogens with zero attached hydrogens (tertiary/aromatic N) is 2. The summed E-state index contributed by atoms with van der Waals surface area (Å²) in [6, 6.07) is 2.63. The van der Waals surface area contributed by atoms with Crippen LogP contribution >= 0.6 is 0 Å². The molecular weight excluding hydrogens is 238 g/mol. The molecule has 1 aliphatic carbocycles. The Morgan fingerprint density at radius 3 is 2.95 bits per heavy atom. The van der Waals surface area contributed by atoms with E-state index in [0.717, 1.165) is 18.7 Å². The third-order valence-electron chi connectivity index (χ3n) is 3.86. The summed E-state index contributed by atoms with van der Waals surface area (Å²) in [5, 5.41) is 17.8. The number of hydrogen-bond acceptors (Lipinski definition) is 3. The minimum absolute atomic E-state index is 0.332. The van der Waals surface area contributed by atoms with Gasteiger partial charge in [0.25, 0.3) is 0 Å². The highest BCUT2D eigenvalue weighted by Crippen LogP contribution is 2.27. The van der Waals surface area contributed by atoms with Crippen molar-refractivity contribution in [3.8, 4) is 0 Å². The van der Waals surface area contributed by atoms with Crippen LogP contribution in [0.1, 0.15) is 57.2 Å². The Kier molecular flexibility index (Phi) is 5.86. The zero-order chi connectivity index (χ0) is 13.5. The second-order valence-corrected chi connectivity index (χ2v) is 5.64. The maximum atomic E-state index is 9.94. The topological polar surface area (TPSA) is 50.1 Å². The molecule has 0 aromatic carbocycles. The number of rotatable bonds is 7.